The van der Waals surface area contributed by atoms with Crippen molar-refractivity contribution in [3.8, 4) is 0 Å². The van der Waals surface area contributed by atoms with E-state index >= 15 is 0 Å². The van der Waals surface area contributed by atoms with E-state index in [0.29, 0.717) is 0 Å². The number of oxime groups is 1. The quantitative estimate of drug-likeness (QED) is 0.620. The van der Waals surface area contributed by atoms with Crippen molar-refractivity contribution in [1.82, 2.24) is 0 Å². The Morgan fingerprint density at radius 3 is 2.75 bits per heavy atom. The summed E-state index contributed by atoms with van der Waals surface area (Å²) in [6, 6.07) is 10.2. The summed E-state index contributed by atoms with van der Waals surface area (Å²) in [6.45, 7) is 0. The Balaban J connectivity index is 2.15. The Hall–Kier alpha value is -1.31. The SMILES string of the molecule is C1=NOC(c2ccccc2)CC1. The van der Waals surface area contributed by atoms with Crippen molar-refractivity contribution in [2.45, 2.75) is 18.9 Å². The molecule has 0 aliphatic carbocycles. The van der Waals surface area contributed by atoms with Crippen LogP contribution >= 0.6 is 0 Å². The van der Waals surface area contributed by atoms with Gasteiger partial charge < -0.3 is 4.84 Å². The third-order valence-electron chi connectivity index (χ3n) is 1.99. The molecular weight excluding hydrogens is 150 g/mol. The molecule has 0 saturated heterocycles. The van der Waals surface area contributed by atoms with Crippen LogP contribution in [0.3, 0.4) is 0 Å². The summed E-state index contributed by atoms with van der Waals surface area (Å²) >= 11 is 0. The fourth-order valence-corrected chi connectivity index (χ4v) is 1.34. The number of hydrogen-bond donors (Lipinski definition) is 0. The minimum Gasteiger partial charge on any atom is -0.388 e. The summed E-state index contributed by atoms with van der Waals surface area (Å²) in [4.78, 5) is 5.23. The van der Waals surface area contributed by atoms with Gasteiger partial charge in [-0.1, -0.05) is 35.5 Å². The van der Waals surface area contributed by atoms with Gasteiger partial charge in [-0.3, -0.25) is 0 Å². The molecule has 0 bridgehead atoms. The largest absolute Gasteiger partial charge is 0.388 e. The van der Waals surface area contributed by atoms with Gasteiger partial charge in [0.25, 0.3) is 0 Å². The Labute approximate surface area is 71.8 Å². The van der Waals surface area contributed by atoms with Crippen LogP contribution in [0.25, 0.3) is 0 Å². The van der Waals surface area contributed by atoms with Gasteiger partial charge in [-0.15, -0.1) is 0 Å². The molecule has 0 aromatic heterocycles. The lowest BCUT2D eigenvalue weighted by atomic mass is 10.1. The maximum atomic E-state index is 5.23. The Morgan fingerprint density at radius 1 is 1.25 bits per heavy atom. The maximum Gasteiger partial charge on any atom is 0.152 e. The van der Waals surface area contributed by atoms with Crippen molar-refractivity contribution in [1.29, 1.82) is 0 Å². The van der Waals surface area contributed by atoms with Crippen LogP contribution in [0, 0.1) is 0 Å². The van der Waals surface area contributed by atoms with Gasteiger partial charge in [0.2, 0.25) is 0 Å². The van der Waals surface area contributed by atoms with Gasteiger partial charge >= 0.3 is 0 Å². The molecule has 0 amide bonds. The maximum absolute atomic E-state index is 5.23. The van der Waals surface area contributed by atoms with Gasteiger partial charge in [0, 0.05) is 6.21 Å². The van der Waals surface area contributed by atoms with Crippen molar-refractivity contribution in [2.24, 2.45) is 5.16 Å². The lowest BCUT2D eigenvalue weighted by Crippen LogP contribution is -2.05. The molecule has 1 atom stereocenters. The molecule has 0 saturated carbocycles. The molecule has 12 heavy (non-hydrogen) atoms. The summed E-state index contributed by atoms with van der Waals surface area (Å²) in [5.41, 5.74) is 1.22. The second-order valence-electron chi connectivity index (χ2n) is 2.87. The fourth-order valence-electron chi connectivity index (χ4n) is 1.34. The van der Waals surface area contributed by atoms with E-state index < -0.39 is 0 Å². The summed E-state index contributed by atoms with van der Waals surface area (Å²) in [5.74, 6) is 0. The van der Waals surface area contributed by atoms with Gasteiger partial charge in [-0.05, 0) is 18.4 Å². The van der Waals surface area contributed by atoms with Gasteiger partial charge in [0.15, 0.2) is 6.10 Å². The lowest BCUT2D eigenvalue weighted by Gasteiger charge is -2.17. The fraction of sp³-hybridized carbons (Fsp3) is 0.300. The molecule has 0 spiro atoms. The standard InChI is InChI=1S/C10H11NO/c1-2-5-9(6-3-1)10-7-4-8-11-12-10/h1-3,5-6,8,10H,4,7H2. The minimum absolute atomic E-state index is 0.163. The summed E-state index contributed by atoms with van der Waals surface area (Å²) in [7, 11) is 0. The van der Waals surface area contributed by atoms with Crippen LogP contribution in [-0.4, -0.2) is 6.21 Å². The van der Waals surface area contributed by atoms with Crippen LogP contribution in [0.2, 0.25) is 0 Å². The molecule has 2 nitrogen and oxygen atoms in total. The zero-order chi connectivity index (χ0) is 8.23. The first-order valence-electron chi connectivity index (χ1n) is 4.19. The van der Waals surface area contributed by atoms with Crippen molar-refractivity contribution in [3.05, 3.63) is 35.9 Å². The van der Waals surface area contributed by atoms with E-state index in [0.717, 1.165) is 12.8 Å². The van der Waals surface area contributed by atoms with Gasteiger partial charge in [0.1, 0.15) is 0 Å². The molecule has 0 fully saturated rings. The Kier molecular flexibility index (Phi) is 2.08. The van der Waals surface area contributed by atoms with Crippen molar-refractivity contribution < 1.29 is 4.84 Å². The molecule has 62 valence electrons. The van der Waals surface area contributed by atoms with E-state index in [2.05, 4.69) is 17.3 Å². The predicted molar refractivity (Wildman–Crippen MR) is 48.0 cm³/mol. The normalized spacial score (nSPS) is 21.8. The molecule has 1 aliphatic heterocycles. The first kappa shape index (κ1) is 7.35. The molecule has 1 unspecified atom stereocenters. The molecule has 2 heteroatoms. The van der Waals surface area contributed by atoms with E-state index in [4.69, 9.17) is 4.84 Å². The van der Waals surface area contributed by atoms with Crippen LogP contribution in [0.1, 0.15) is 24.5 Å². The third-order valence-corrected chi connectivity index (χ3v) is 1.99. The first-order chi connectivity index (χ1) is 5.97. The van der Waals surface area contributed by atoms with Crippen molar-refractivity contribution in [2.75, 3.05) is 0 Å². The molecule has 1 heterocycles. The number of hydrogen-bond acceptors (Lipinski definition) is 2. The Bertz CT molecular complexity index is 268. The molecule has 2 rings (SSSR count). The number of nitrogens with zero attached hydrogens (tertiary/aromatic N) is 1. The lowest BCUT2D eigenvalue weighted by molar-refractivity contribution is 0.0450. The first-order valence-corrected chi connectivity index (χ1v) is 4.19. The van der Waals surface area contributed by atoms with Crippen LogP contribution in [0.4, 0.5) is 0 Å². The third kappa shape index (κ3) is 1.47. The summed E-state index contributed by atoms with van der Waals surface area (Å²) < 4.78 is 0. The van der Waals surface area contributed by atoms with E-state index in [9.17, 15) is 0 Å². The van der Waals surface area contributed by atoms with Gasteiger partial charge in [0.05, 0.1) is 0 Å². The van der Waals surface area contributed by atoms with Crippen molar-refractivity contribution in [3.63, 3.8) is 0 Å². The predicted octanol–water partition coefficient (Wildman–Crippen LogP) is 2.52. The van der Waals surface area contributed by atoms with Crippen LogP contribution in [-0.2, 0) is 4.84 Å². The highest BCUT2D eigenvalue weighted by Crippen LogP contribution is 2.24. The molecule has 1 aromatic rings. The second-order valence-corrected chi connectivity index (χ2v) is 2.87. The second kappa shape index (κ2) is 3.39. The smallest absolute Gasteiger partial charge is 0.152 e. The number of rotatable bonds is 1. The number of benzene rings is 1. The van der Waals surface area contributed by atoms with Gasteiger partial charge in [-0.25, -0.2) is 0 Å². The average Bonchev–Trinajstić information content (AvgIpc) is 2.21. The molecule has 0 radical (unpaired) electrons. The van der Waals surface area contributed by atoms with E-state index in [1.54, 1.807) is 0 Å². The van der Waals surface area contributed by atoms with Crippen molar-refractivity contribution >= 4 is 6.21 Å². The van der Waals surface area contributed by atoms with Crippen LogP contribution in [0.5, 0.6) is 0 Å². The highest BCUT2D eigenvalue weighted by molar-refractivity contribution is 5.56. The van der Waals surface area contributed by atoms with Crippen LogP contribution in [0.15, 0.2) is 35.5 Å². The Morgan fingerprint density at radius 2 is 2.08 bits per heavy atom. The summed E-state index contributed by atoms with van der Waals surface area (Å²) in [6.07, 6.45) is 4.03. The topological polar surface area (TPSA) is 21.6 Å². The van der Waals surface area contributed by atoms with Crippen LogP contribution < -0.4 is 0 Å². The van der Waals surface area contributed by atoms with Gasteiger partial charge in [-0.2, -0.15) is 0 Å². The average molecular weight is 161 g/mol. The molecular formula is C10H11NO. The highest BCUT2D eigenvalue weighted by Gasteiger charge is 2.13. The van der Waals surface area contributed by atoms with E-state index in [1.165, 1.54) is 5.56 Å². The zero-order valence-corrected chi connectivity index (χ0v) is 6.81. The highest BCUT2D eigenvalue weighted by atomic mass is 16.6. The minimum atomic E-state index is 0.163. The molecule has 0 N–H and O–H groups in total. The monoisotopic (exact) mass is 161 g/mol. The van der Waals surface area contributed by atoms with E-state index in [-0.39, 0.29) is 6.10 Å². The zero-order valence-electron chi connectivity index (χ0n) is 6.81. The van der Waals surface area contributed by atoms with E-state index in [1.807, 2.05) is 24.4 Å². The summed E-state index contributed by atoms with van der Waals surface area (Å²) in [5, 5.41) is 3.81. The molecule has 1 aliphatic rings. The molecule has 1 aromatic carbocycles.